The lowest BCUT2D eigenvalue weighted by Crippen LogP contribution is -2.46. The second-order valence-electron chi connectivity index (χ2n) is 6.93. The molecular weight excluding hydrogens is 352 g/mol. The highest BCUT2D eigenvalue weighted by Crippen LogP contribution is 2.10. The van der Waals surface area contributed by atoms with Crippen molar-refractivity contribution in [3.8, 4) is 5.69 Å². The lowest BCUT2D eigenvalue weighted by molar-refractivity contribution is -0.137. The second-order valence-corrected chi connectivity index (χ2v) is 6.93. The van der Waals surface area contributed by atoms with Gasteiger partial charge in [-0.05, 0) is 49.4 Å². The molecule has 1 aromatic heterocycles. The predicted molar refractivity (Wildman–Crippen MR) is 95.0 cm³/mol. The predicted octanol–water partition coefficient (Wildman–Crippen LogP) is 0.192. The topological polar surface area (TPSA) is 119 Å². The van der Waals surface area contributed by atoms with Crippen molar-refractivity contribution in [3.63, 3.8) is 0 Å². The van der Waals surface area contributed by atoms with Gasteiger partial charge in [-0.25, -0.2) is 9.48 Å². The van der Waals surface area contributed by atoms with Gasteiger partial charge in [-0.15, -0.1) is 5.10 Å². The van der Waals surface area contributed by atoms with Crippen LogP contribution in [0.2, 0.25) is 0 Å². The minimum absolute atomic E-state index is 0.123. The van der Waals surface area contributed by atoms with Gasteiger partial charge in [-0.1, -0.05) is 6.07 Å². The van der Waals surface area contributed by atoms with E-state index in [1.165, 1.54) is 23.0 Å². The largest absolute Gasteiger partial charge is 0.452 e. The average Bonchev–Trinajstić information content (AvgIpc) is 3.12. The zero-order chi connectivity index (χ0) is 20.0. The minimum Gasteiger partial charge on any atom is -0.452 e. The van der Waals surface area contributed by atoms with Gasteiger partial charge < -0.3 is 15.0 Å². The molecule has 0 saturated carbocycles. The van der Waals surface area contributed by atoms with Gasteiger partial charge in [0.2, 0.25) is 5.91 Å². The number of hydrogen-bond acceptors (Lipinski definition) is 7. The van der Waals surface area contributed by atoms with Crippen LogP contribution in [-0.4, -0.2) is 68.6 Å². The zero-order valence-corrected chi connectivity index (χ0v) is 15.7. The fourth-order valence-electron chi connectivity index (χ4n) is 2.14. The summed E-state index contributed by atoms with van der Waals surface area (Å²) >= 11 is 0. The number of nitrogens with one attached hydrogen (secondary N) is 1. The third kappa shape index (κ3) is 6.17. The maximum absolute atomic E-state index is 12.2. The van der Waals surface area contributed by atoms with Crippen LogP contribution in [0.25, 0.3) is 5.69 Å². The van der Waals surface area contributed by atoms with Gasteiger partial charge in [0.05, 0.1) is 17.8 Å². The quantitative estimate of drug-likeness (QED) is 0.717. The summed E-state index contributed by atoms with van der Waals surface area (Å²) in [4.78, 5) is 37.3. The number of tetrazole rings is 1. The first-order chi connectivity index (χ1) is 12.7. The maximum Gasteiger partial charge on any atom is 0.338 e. The lowest BCUT2D eigenvalue weighted by atomic mass is 10.1. The number of likely N-dealkylation sites (N-methyl/N-ethyl adjacent to an activating group) is 1. The van der Waals surface area contributed by atoms with E-state index in [4.69, 9.17) is 4.74 Å². The monoisotopic (exact) mass is 374 g/mol. The van der Waals surface area contributed by atoms with Crippen molar-refractivity contribution in [3.05, 3.63) is 36.2 Å². The Balaban J connectivity index is 1.88. The minimum atomic E-state index is -0.661. The van der Waals surface area contributed by atoms with Crippen LogP contribution in [0.3, 0.4) is 0 Å². The van der Waals surface area contributed by atoms with Crippen LogP contribution in [-0.2, 0) is 14.3 Å². The van der Waals surface area contributed by atoms with E-state index in [0.29, 0.717) is 5.69 Å². The van der Waals surface area contributed by atoms with Crippen molar-refractivity contribution >= 4 is 17.8 Å². The molecule has 2 amide bonds. The van der Waals surface area contributed by atoms with Crippen LogP contribution in [0, 0.1) is 0 Å². The molecule has 0 bridgehead atoms. The molecule has 2 aromatic rings. The van der Waals surface area contributed by atoms with Crippen LogP contribution >= 0.6 is 0 Å². The molecule has 0 radical (unpaired) electrons. The molecule has 0 aliphatic heterocycles. The number of amides is 2. The van der Waals surface area contributed by atoms with Crippen LogP contribution in [0.1, 0.15) is 31.1 Å². The molecule has 1 heterocycles. The molecule has 0 aliphatic carbocycles. The Labute approximate surface area is 156 Å². The van der Waals surface area contributed by atoms with Gasteiger partial charge in [-0.2, -0.15) is 0 Å². The highest BCUT2D eigenvalue weighted by molar-refractivity contribution is 5.92. The molecule has 0 saturated heterocycles. The molecular formula is C17H22N6O4. The normalized spacial score (nSPS) is 11.0. The number of ether oxygens (including phenoxy) is 1. The molecule has 27 heavy (non-hydrogen) atoms. The Morgan fingerprint density at radius 1 is 1.26 bits per heavy atom. The number of rotatable bonds is 6. The maximum atomic E-state index is 12.2. The van der Waals surface area contributed by atoms with Gasteiger partial charge in [0, 0.05) is 12.6 Å². The Morgan fingerprint density at radius 2 is 2.00 bits per heavy atom. The molecule has 1 aromatic carbocycles. The fraction of sp³-hybridized carbons (Fsp3) is 0.412. The molecule has 0 spiro atoms. The third-order valence-corrected chi connectivity index (χ3v) is 3.34. The van der Waals surface area contributed by atoms with E-state index in [1.807, 2.05) is 20.8 Å². The molecule has 10 nitrogen and oxygen atoms in total. The Kier molecular flexibility index (Phi) is 6.22. The van der Waals surface area contributed by atoms with E-state index in [1.54, 1.807) is 24.3 Å². The van der Waals surface area contributed by atoms with E-state index in [-0.39, 0.29) is 18.0 Å². The molecule has 0 atom stereocenters. The van der Waals surface area contributed by atoms with E-state index in [9.17, 15) is 14.4 Å². The van der Waals surface area contributed by atoms with Crippen LogP contribution in [0.5, 0.6) is 0 Å². The Hall–Kier alpha value is -3.30. The number of benzene rings is 1. The fourth-order valence-corrected chi connectivity index (χ4v) is 2.14. The summed E-state index contributed by atoms with van der Waals surface area (Å²) in [6.07, 6.45) is 1.39. The zero-order valence-electron chi connectivity index (χ0n) is 15.7. The molecule has 0 unspecified atom stereocenters. The SMILES string of the molecule is CN(CC(=O)NC(C)(C)C)C(=O)COC(=O)c1cccc(-n2cnnn2)c1. The lowest BCUT2D eigenvalue weighted by Gasteiger charge is -2.23. The van der Waals surface area contributed by atoms with Crippen molar-refractivity contribution in [1.29, 1.82) is 0 Å². The average molecular weight is 374 g/mol. The highest BCUT2D eigenvalue weighted by Gasteiger charge is 2.19. The summed E-state index contributed by atoms with van der Waals surface area (Å²) in [7, 11) is 1.47. The van der Waals surface area contributed by atoms with E-state index in [0.717, 1.165) is 0 Å². The Bertz CT molecular complexity index is 813. The van der Waals surface area contributed by atoms with Crippen LogP contribution in [0.4, 0.5) is 0 Å². The first kappa shape index (κ1) is 20.0. The van der Waals surface area contributed by atoms with E-state index < -0.39 is 24.0 Å². The van der Waals surface area contributed by atoms with Gasteiger partial charge in [0.15, 0.2) is 6.61 Å². The Morgan fingerprint density at radius 3 is 2.63 bits per heavy atom. The number of carbonyl (C=O) groups is 3. The molecule has 0 fully saturated rings. The first-order valence-corrected chi connectivity index (χ1v) is 8.21. The third-order valence-electron chi connectivity index (χ3n) is 3.34. The number of nitrogens with zero attached hydrogens (tertiary/aromatic N) is 5. The van der Waals surface area contributed by atoms with Crippen molar-refractivity contribution in [1.82, 2.24) is 30.4 Å². The van der Waals surface area contributed by atoms with Crippen molar-refractivity contribution in [2.24, 2.45) is 0 Å². The van der Waals surface area contributed by atoms with Crippen molar-refractivity contribution < 1.29 is 19.1 Å². The number of carbonyl (C=O) groups excluding carboxylic acids is 3. The van der Waals surface area contributed by atoms with E-state index >= 15 is 0 Å². The van der Waals surface area contributed by atoms with E-state index in [2.05, 4.69) is 20.8 Å². The van der Waals surface area contributed by atoms with Crippen LogP contribution < -0.4 is 5.32 Å². The standard InChI is InChI=1S/C17H22N6O4/c1-17(2,3)19-14(24)9-22(4)15(25)10-27-16(26)12-6-5-7-13(8-12)23-11-18-20-21-23/h5-8,11H,9-10H2,1-4H3,(H,19,24). The summed E-state index contributed by atoms with van der Waals surface area (Å²) in [6, 6.07) is 6.48. The highest BCUT2D eigenvalue weighted by atomic mass is 16.5. The number of aromatic nitrogens is 4. The second kappa shape index (κ2) is 8.39. The van der Waals surface area contributed by atoms with Gasteiger partial charge in [0.1, 0.15) is 6.33 Å². The molecule has 2 rings (SSSR count). The van der Waals surface area contributed by atoms with Crippen molar-refractivity contribution in [2.45, 2.75) is 26.3 Å². The molecule has 0 aliphatic rings. The summed E-state index contributed by atoms with van der Waals surface area (Å²) in [5.41, 5.74) is 0.443. The summed E-state index contributed by atoms with van der Waals surface area (Å²) < 4.78 is 6.44. The van der Waals surface area contributed by atoms with Gasteiger partial charge in [-0.3, -0.25) is 9.59 Å². The molecule has 144 valence electrons. The number of hydrogen-bond donors (Lipinski definition) is 1. The van der Waals surface area contributed by atoms with Gasteiger partial charge in [0.25, 0.3) is 5.91 Å². The number of esters is 1. The van der Waals surface area contributed by atoms with Gasteiger partial charge >= 0.3 is 5.97 Å². The van der Waals surface area contributed by atoms with Crippen molar-refractivity contribution in [2.75, 3.05) is 20.2 Å². The smallest absolute Gasteiger partial charge is 0.338 e. The molecule has 10 heteroatoms. The van der Waals surface area contributed by atoms with Crippen LogP contribution in [0.15, 0.2) is 30.6 Å². The summed E-state index contributed by atoms with van der Waals surface area (Å²) in [5, 5.41) is 13.6. The first-order valence-electron chi connectivity index (χ1n) is 8.21. The summed E-state index contributed by atoms with van der Waals surface area (Å²) in [6.45, 7) is 4.95. The summed E-state index contributed by atoms with van der Waals surface area (Å²) in [5.74, 6) is -1.44. The molecule has 1 N–H and O–H groups in total.